The average molecular weight is 309 g/mol. The first-order valence-corrected chi connectivity index (χ1v) is 5.80. The van der Waals surface area contributed by atoms with Crippen LogP contribution in [0.1, 0.15) is 23.2 Å². The van der Waals surface area contributed by atoms with E-state index < -0.39 is 12.4 Å². The van der Waals surface area contributed by atoms with Gasteiger partial charge in [0.25, 0.3) is 6.43 Å². The number of hydrogen-bond donors (Lipinski definition) is 1. The number of ether oxygens (including phenoxy) is 1. The fraction of sp³-hybridized carbons (Fsp3) is 0.400. The zero-order valence-corrected chi connectivity index (χ0v) is 10.6. The molecule has 1 rings (SSSR count). The van der Waals surface area contributed by atoms with Gasteiger partial charge in [-0.2, -0.15) is 0 Å². The maximum absolute atomic E-state index is 12.9. The van der Waals surface area contributed by atoms with Gasteiger partial charge in [-0.25, -0.2) is 8.78 Å². The van der Waals surface area contributed by atoms with Crippen LogP contribution in [0.25, 0.3) is 0 Å². The molecule has 1 heterocycles. The number of halogens is 3. The van der Waals surface area contributed by atoms with Crippen molar-refractivity contribution in [3.8, 4) is 0 Å². The van der Waals surface area contributed by atoms with E-state index in [1.807, 2.05) is 0 Å². The third kappa shape index (κ3) is 3.12. The molecule has 0 aliphatic heterocycles. The molecule has 2 N–H and O–H groups in total. The maximum atomic E-state index is 12.9. The predicted molar refractivity (Wildman–Crippen MR) is 62.0 cm³/mol. The molecule has 7 heteroatoms. The summed E-state index contributed by atoms with van der Waals surface area (Å²) in [5, 5.41) is 0.275. The van der Waals surface area contributed by atoms with Gasteiger partial charge in [0.05, 0.1) is 24.9 Å². The summed E-state index contributed by atoms with van der Waals surface area (Å²) < 4.78 is 30.2. The van der Waals surface area contributed by atoms with E-state index in [-0.39, 0.29) is 28.6 Å². The van der Waals surface area contributed by atoms with Crippen molar-refractivity contribution in [1.82, 2.24) is 4.98 Å². The van der Waals surface area contributed by atoms with Gasteiger partial charge in [0.15, 0.2) is 0 Å². The number of methoxy groups -OCH3 is 1. The van der Waals surface area contributed by atoms with Gasteiger partial charge in [0.1, 0.15) is 0 Å². The number of anilines is 1. The summed E-state index contributed by atoms with van der Waals surface area (Å²) >= 11 is 3.10. The number of hydrogen-bond acceptors (Lipinski definition) is 4. The molecule has 0 spiro atoms. The Labute approximate surface area is 105 Å². The highest BCUT2D eigenvalue weighted by Crippen LogP contribution is 2.31. The molecule has 0 fully saturated rings. The van der Waals surface area contributed by atoms with Crippen LogP contribution in [-0.2, 0) is 21.3 Å². The molecule has 0 atom stereocenters. The first-order valence-electron chi connectivity index (χ1n) is 4.68. The number of carbonyl (C=O) groups excluding carboxylic acids is 1. The summed E-state index contributed by atoms with van der Waals surface area (Å²) in [7, 11) is 1.19. The summed E-state index contributed by atoms with van der Waals surface area (Å²) in [6.45, 7) is 0. The Balaban J connectivity index is 3.21. The quantitative estimate of drug-likeness (QED) is 0.684. The van der Waals surface area contributed by atoms with Crippen LogP contribution in [0, 0.1) is 0 Å². The second-order valence-electron chi connectivity index (χ2n) is 3.24. The third-order valence-corrected chi connectivity index (χ3v) is 2.76. The fourth-order valence-corrected chi connectivity index (χ4v) is 1.80. The van der Waals surface area contributed by atoms with Gasteiger partial charge in [-0.1, -0.05) is 15.9 Å². The van der Waals surface area contributed by atoms with Crippen molar-refractivity contribution < 1.29 is 18.3 Å². The molecular weight excluding hydrogens is 298 g/mol. The first kappa shape index (κ1) is 13.8. The van der Waals surface area contributed by atoms with Crippen LogP contribution in [0.5, 0.6) is 0 Å². The second kappa shape index (κ2) is 5.90. The molecule has 0 aliphatic carbocycles. The number of carbonyl (C=O) groups is 1. The lowest BCUT2D eigenvalue weighted by Crippen LogP contribution is -2.11. The summed E-state index contributed by atoms with van der Waals surface area (Å²) in [6.07, 6.45) is -1.79. The summed E-state index contributed by atoms with van der Waals surface area (Å²) in [4.78, 5) is 15.0. The van der Waals surface area contributed by atoms with Gasteiger partial charge >= 0.3 is 5.97 Å². The largest absolute Gasteiger partial charge is 0.469 e. The van der Waals surface area contributed by atoms with Crippen molar-refractivity contribution in [2.45, 2.75) is 18.2 Å². The minimum Gasteiger partial charge on any atom is -0.469 e. The smallest absolute Gasteiger partial charge is 0.310 e. The summed E-state index contributed by atoms with van der Waals surface area (Å²) in [6, 6.07) is 0. The molecule has 94 valence electrons. The van der Waals surface area contributed by atoms with Gasteiger partial charge in [-0.15, -0.1) is 0 Å². The Kier molecular flexibility index (Phi) is 4.80. The number of alkyl halides is 3. The molecule has 0 aliphatic rings. The second-order valence-corrected chi connectivity index (χ2v) is 3.81. The molecule has 0 amide bonds. The van der Waals surface area contributed by atoms with E-state index in [1.165, 1.54) is 13.3 Å². The monoisotopic (exact) mass is 308 g/mol. The highest BCUT2D eigenvalue weighted by Gasteiger charge is 2.21. The van der Waals surface area contributed by atoms with Gasteiger partial charge in [0, 0.05) is 17.1 Å². The number of nitrogens with two attached hydrogens (primary N) is 1. The minimum atomic E-state index is -2.75. The fourth-order valence-electron chi connectivity index (χ4n) is 1.36. The van der Waals surface area contributed by atoms with E-state index in [4.69, 9.17) is 5.73 Å². The Morgan fingerprint density at radius 3 is 2.76 bits per heavy atom. The van der Waals surface area contributed by atoms with Crippen LogP contribution >= 0.6 is 15.9 Å². The molecule has 0 saturated carbocycles. The topological polar surface area (TPSA) is 65.2 Å². The molecule has 1 aromatic rings. The van der Waals surface area contributed by atoms with Crippen molar-refractivity contribution in [3.05, 3.63) is 23.0 Å². The van der Waals surface area contributed by atoms with E-state index in [2.05, 4.69) is 25.7 Å². The van der Waals surface area contributed by atoms with Crippen molar-refractivity contribution in [2.75, 3.05) is 12.8 Å². The number of pyridine rings is 1. The molecule has 4 nitrogen and oxygen atoms in total. The van der Waals surface area contributed by atoms with Gasteiger partial charge in [-0.05, 0) is 5.56 Å². The summed E-state index contributed by atoms with van der Waals surface area (Å²) in [5.41, 5.74) is 5.58. The van der Waals surface area contributed by atoms with E-state index >= 15 is 0 Å². The van der Waals surface area contributed by atoms with E-state index in [0.29, 0.717) is 5.69 Å². The average Bonchev–Trinajstić information content (AvgIpc) is 2.28. The standard InChI is InChI=1S/C10H11BrF2N2O2/c1-17-7(16)2-5-4-15-6(3-11)9(14)8(5)10(12)13/h4,10H,2-3,14H2,1H3. The van der Waals surface area contributed by atoms with Crippen molar-refractivity contribution in [3.63, 3.8) is 0 Å². The number of nitrogens with zero attached hydrogens (tertiary/aromatic N) is 1. The van der Waals surface area contributed by atoms with E-state index in [1.54, 1.807) is 0 Å². The Morgan fingerprint density at radius 1 is 1.65 bits per heavy atom. The molecule has 0 saturated heterocycles. The molecule has 17 heavy (non-hydrogen) atoms. The van der Waals surface area contributed by atoms with Crippen molar-refractivity contribution in [2.24, 2.45) is 0 Å². The molecular formula is C10H11BrF2N2O2. The molecule has 0 aromatic carbocycles. The van der Waals surface area contributed by atoms with Gasteiger partial charge < -0.3 is 10.5 Å². The van der Waals surface area contributed by atoms with Crippen LogP contribution in [0.4, 0.5) is 14.5 Å². The van der Waals surface area contributed by atoms with Gasteiger partial charge in [-0.3, -0.25) is 9.78 Å². The molecule has 0 unspecified atom stereocenters. The summed E-state index contributed by atoms with van der Waals surface area (Å²) in [5.74, 6) is -0.611. The van der Waals surface area contributed by atoms with Crippen LogP contribution < -0.4 is 5.73 Å². The molecule has 0 radical (unpaired) electrons. The normalized spacial score (nSPS) is 10.6. The predicted octanol–water partition coefficient (Wildman–Crippen LogP) is 2.21. The zero-order chi connectivity index (χ0) is 13.0. The lowest BCUT2D eigenvalue weighted by Gasteiger charge is -2.12. The van der Waals surface area contributed by atoms with Crippen LogP contribution in [0.2, 0.25) is 0 Å². The van der Waals surface area contributed by atoms with Gasteiger partial charge in [0.2, 0.25) is 0 Å². The highest BCUT2D eigenvalue weighted by atomic mass is 79.9. The number of aromatic nitrogens is 1. The zero-order valence-electron chi connectivity index (χ0n) is 9.04. The van der Waals surface area contributed by atoms with Crippen molar-refractivity contribution in [1.29, 1.82) is 0 Å². The lowest BCUT2D eigenvalue weighted by molar-refractivity contribution is -0.139. The number of rotatable bonds is 4. The van der Waals surface area contributed by atoms with E-state index in [9.17, 15) is 13.6 Å². The SMILES string of the molecule is COC(=O)Cc1cnc(CBr)c(N)c1C(F)F. The number of esters is 1. The molecule has 1 aromatic heterocycles. The van der Waals surface area contributed by atoms with Crippen LogP contribution in [-0.4, -0.2) is 18.1 Å². The Morgan fingerprint density at radius 2 is 2.29 bits per heavy atom. The van der Waals surface area contributed by atoms with Crippen molar-refractivity contribution >= 4 is 27.6 Å². The van der Waals surface area contributed by atoms with Crippen LogP contribution in [0.3, 0.4) is 0 Å². The van der Waals surface area contributed by atoms with Crippen LogP contribution in [0.15, 0.2) is 6.20 Å². The highest BCUT2D eigenvalue weighted by molar-refractivity contribution is 9.08. The Bertz CT molecular complexity index is 427. The first-order chi connectivity index (χ1) is 8.01. The lowest BCUT2D eigenvalue weighted by atomic mass is 10.0. The third-order valence-electron chi connectivity index (χ3n) is 2.23. The minimum absolute atomic E-state index is 0.0849. The Hall–Kier alpha value is -1.24. The maximum Gasteiger partial charge on any atom is 0.310 e. The number of nitrogen functional groups attached to an aromatic ring is 1. The van der Waals surface area contributed by atoms with E-state index in [0.717, 1.165) is 0 Å². The molecule has 0 bridgehead atoms.